The highest BCUT2D eigenvalue weighted by Crippen LogP contribution is 2.38. The topological polar surface area (TPSA) is 74.1 Å². The van der Waals surface area contributed by atoms with E-state index in [1.54, 1.807) is 23.1 Å². The largest absolute Gasteiger partial charge is 0.352 e. The Morgan fingerprint density at radius 3 is 2.84 bits per heavy atom. The van der Waals surface area contributed by atoms with E-state index in [1.165, 1.54) is 0 Å². The number of nitrogens with one attached hydrogen (secondary N) is 1. The molecule has 2 aliphatic rings. The van der Waals surface area contributed by atoms with Crippen LogP contribution in [0.3, 0.4) is 0 Å². The minimum atomic E-state index is -0.704. The van der Waals surface area contributed by atoms with Gasteiger partial charge in [0, 0.05) is 49.4 Å². The van der Waals surface area contributed by atoms with Gasteiger partial charge in [-0.15, -0.1) is 12.3 Å². The minimum Gasteiger partial charge on any atom is -0.352 e. The molecule has 1 unspecified atom stereocenters. The lowest BCUT2D eigenvalue weighted by atomic mass is 9.99. The van der Waals surface area contributed by atoms with E-state index in [1.807, 2.05) is 6.07 Å². The lowest BCUT2D eigenvalue weighted by Gasteiger charge is -2.36. The Bertz CT molecular complexity index is 750. The maximum Gasteiger partial charge on any atom is 0.247 e. The lowest BCUT2D eigenvalue weighted by molar-refractivity contribution is -0.143. The Morgan fingerprint density at radius 1 is 1.40 bits per heavy atom. The monoisotopic (exact) mass is 358 g/mol. The van der Waals surface area contributed by atoms with Crippen molar-refractivity contribution in [1.29, 1.82) is 0 Å². The van der Waals surface area contributed by atoms with Gasteiger partial charge in [0.15, 0.2) is 5.66 Å². The molecule has 1 N–H and O–H groups in total. The zero-order valence-electron chi connectivity index (χ0n) is 13.7. The number of terminal acetylenes is 1. The van der Waals surface area contributed by atoms with Crippen LogP contribution >= 0.6 is 11.6 Å². The summed E-state index contributed by atoms with van der Waals surface area (Å²) >= 11 is 6.24. The van der Waals surface area contributed by atoms with Crippen LogP contribution in [0.15, 0.2) is 34.5 Å². The summed E-state index contributed by atoms with van der Waals surface area (Å²) in [5.74, 6) is 2.26. The quantitative estimate of drug-likeness (QED) is 0.794. The van der Waals surface area contributed by atoms with Crippen LogP contribution in [0.25, 0.3) is 0 Å². The summed E-state index contributed by atoms with van der Waals surface area (Å²) in [5, 5.41) is 11.4. The van der Waals surface area contributed by atoms with E-state index < -0.39 is 11.7 Å². The van der Waals surface area contributed by atoms with Crippen molar-refractivity contribution >= 4 is 23.4 Å². The van der Waals surface area contributed by atoms with Gasteiger partial charge >= 0.3 is 0 Å². The van der Waals surface area contributed by atoms with E-state index in [9.17, 15) is 9.59 Å². The summed E-state index contributed by atoms with van der Waals surface area (Å²) in [5.41, 5.74) is 0.137. The molecule has 0 aromatic heterocycles. The van der Waals surface area contributed by atoms with E-state index >= 15 is 0 Å². The molecule has 1 atom stereocenters. The van der Waals surface area contributed by atoms with Gasteiger partial charge in [-0.1, -0.05) is 29.8 Å². The molecule has 2 aliphatic heterocycles. The highest BCUT2D eigenvalue weighted by Gasteiger charge is 2.41. The number of rotatable bonds is 6. The first kappa shape index (κ1) is 17.4. The van der Waals surface area contributed by atoms with Gasteiger partial charge in [-0.2, -0.15) is 10.2 Å². The smallest absolute Gasteiger partial charge is 0.247 e. The Morgan fingerprint density at radius 2 is 2.16 bits per heavy atom. The first-order valence-electron chi connectivity index (χ1n) is 8.25. The van der Waals surface area contributed by atoms with E-state index in [-0.39, 0.29) is 18.2 Å². The normalized spacial score (nSPS) is 20.7. The van der Waals surface area contributed by atoms with Gasteiger partial charge in [0.2, 0.25) is 11.8 Å². The average Bonchev–Trinajstić information content (AvgIpc) is 3.39. The van der Waals surface area contributed by atoms with Gasteiger partial charge in [-0.25, -0.2) is 0 Å². The molecular formula is C18H19ClN4O2. The Hall–Kier alpha value is -2.39. The second kappa shape index (κ2) is 7.24. The molecule has 1 saturated heterocycles. The molecule has 0 aliphatic carbocycles. The number of hydrogen-bond donors (Lipinski definition) is 1. The summed E-state index contributed by atoms with van der Waals surface area (Å²) in [6, 6.07) is 6.40. The number of carbonyl (C=O) groups is 2. The number of nitrogens with zero attached hydrogens (tertiary/aromatic N) is 3. The number of halogens is 1. The zero-order chi connectivity index (χ0) is 17.9. The molecule has 2 heterocycles. The second-order valence-electron chi connectivity index (χ2n) is 6.19. The number of amides is 2. The van der Waals surface area contributed by atoms with Crippen molar-refractivity contribution in [3.05, 3.63) is 34.9 Å². The van der Waals surface area contributed by atoms with Crippen LogP contribution < -0.4 is 5.32 Å². The van der Waals surface area contributed by atoms with Gasteiger partial charge in [0.1, 0.15) is 6.04 Å². The third kappa shape index (κ3) is 3.83. The van der Waals surface area contributed by atoms with E-state index in [0.717, 1.165) is 0 Å². The molecule has 6 nitrogen and oxygen atoms in total. The predicted octanol–water partition coefficient (Wildman–Crippen LogP) is 2.70. The molecule has 0 saturated carbocycles. The summed E-state index contributed by atoms with van der Waals surface area (Å²) in [7, 11) is 0. The summed E-state index contributed by atoms with van der Waals surface area (Å²) in [6.07, 6.45) is 7.30. The number of hydrogen-bond acceptors (Lipinski definition) is 4. The summed E-state index contributed by atoms with van der Waals surface area (Å²) in [6.45, 7) is 0.884. The molecule has 0 bridgehead atoms. The zero-order valence-corrected chi connectivity index (χ0v) is 14.5. The van der Waals surface area contributed by atoms with Crippen molar-refractivity contribution in [3.8, 4) is 12.3 Å². The van der Waals surface area contributed by atoms with Crippen LogP contribution in [-0.4, -0.2) is 35.5 Å². The molecule has 25 heavy (non-hydrogen) atoms. The fourth-order valence-corrected chi connectivity index (χ4v) is 3.30. The molecule has 7 heteroatoms. The second-order valence-corrected chi connectivity index (χ2v) is 6.60. The first-order chi connectivity index (χ1) is 12.1. The van der Waals surface area contributed by atoms with Gasteiger partial charge < -0.3 is 10.2 Å². The van der Waals surface area contributed by atoms with Crippen molar-refractivity contribution in [2.75, 3.05) is 13.1 Å². The maximum atomic E-state index is 12.8. The number of piperazine rings is 1. The molecular weight excluding hydrogens is 340 g/mol. The number of benzene rings is 1. The highest BCUT2D eigenvalue weighted by atomic mass is 35.5. The third-order valence-corrected chi connectivity index (χ3v) is 4.87. The van der Waals surface area contributed by atoms with Crippen LogP contribution in [0.1, 0.15) is 37.3 Å². The maximum absolute atomic E-state index is 12.8. The van der Waals surface area contributed by atoms with Crippen LogP contribution in [0.2, 0.25) is 5.02 Å². The summed E-state index contributed by atoms with van der Waals surface area (Å²) < 4.78 is 0. The van der Waals surface area contributed by atoms with Crippen LogP contribution in [0.5, 0.6) is 0 Å². The molecule has 2 amide bonds. The predicted molar refractivity (Wildman–Crippen MR) is 93.8 cm³/mol. The third-order valence-electron chi connectivity index (χ3n) is 4.52. The highest BCUT2D eigenvalue weighted by molar-refractivity contribution is 6.31. The van der Waals surface area contributed by atoms with Crippen molar-refractivity contribution in [1.82, 2.24) is 10.2 Å². The van der Waals surface area contributed by atoms with Crippen molar-refractivity contribution in [3.63, 3.8) is 0 Å². The van der Waals surface area contributed by atoms with Crippen LogP contribution in [0.4, 0.5) is 0 Å². The molecule has 0 radical (unpaired) electrons. The lowest BCUT2D eigenvalue weighted by Crippen LogP contribution is -2.52. The summed E-state index contributed by atoms with van der Waals surface area (Å²) in [4.78, 5) is 26.8. The Balaban J connectivity index is 1.70. The molecule has 0 spiro atoms. The van der Waals surface area contributed by atoms with E-state index in [0.29, 0.717) is 42.9 Å². The fourth-order valence-electron chi connectivity index (χ4n) is 3.06. The number of carbonyl (C=O) groups excluding carboxylic acids is 2. The van der Waals surface area contributed by atoms with Crippen molar-refractivity contribution in [2.45, 2.75) is 37.4 Å². The van der Waals surface area contributed by atoms with Gasteiger partial charge in [0.25, 0.3) is 0 Å². The Kier molecular flexibility index (Phi) is 5.05. The molecule has 1 aromatic rings. The molecule has 3 rings (SSSR count). The SMILES string of the molecule is C#CCCC1(CCC(=O)N2CCNC(=O)C2c2ccccc2Cl)N=N1. The van der Waals surface area contributed by atoms with Crippen molar-refractivity contribution < 1.29 is 9.59 Å². The fraction of sp³-hybridized carbons (Fsp3) is 0.444. The van der Waals surface area contributed by atoms with Crippen LogP contribution in [0, 0.1) is 12.3 Å². The van der Waals surface area contributed by atoms with E-state index in [2.05, 4.69) is 21.5 Å². The standard InChI is InChI=1S/C18H19ClN4O2/c1-2-3-9-18(21-22-18)10-8-15(24)23-12-11-20-17(25)16(23)13-6-4-5-7-14(13)19/h1,4-7,16H,3,8-12H2,(H,20,25). The molecule has 130 valence electrons. The van der Waals surface area contributed by atoms with Gasteiger partial charge in [-0.3, -0.25) is 9.59 Å². The van der Waals surface area contributed by atoms with Crippen molar-refractivity contribution in [2.24, 2.45) is 10.2 Å². The van der Waals surface area contributed by atoms with E-state index in [4.69, 9.17) is 18.0 Å². The average molecular weight is 359 g/mol. The molecule has 1 aromatic carbocycles. The Labute approximate surface area is 151 Å². The molecule has 1 fully saturated rings. The van der Waals surface area contributed by atoms with Crippen LogP contribution in [-0.2, 0) is 9.59 Å². The van der Waals surface area contributed by atoms with Gasteiger partial charge in [0.05, 0.1) is 0 Å². The van der Waals surface area contributed by atoms with Gasteiger partial charge in [-0.05, 0) is 6.07 Å². The first-order valence-corrected chi connectivity index (χ1v) is 8.63. The minimum absolute atomic E-state index is 0.0999.